The fraction of sp³-hybridized carbons (Fsp3) is 0.176. The van der Waals surface area contributed by atoms with Crippen LogP contribution in [0.5, 0.6) is 5.75 Å². The summed E-state index contributed by atoms with van der Waals surface area (Å²) >= 11 is 3.05. The molecule has 3 rings (SSSR count). The Kier molecular flexibility index (Phi) is 4.83. The van der Waals surface area contributed by atoms with Crippen LogP contribution >= 0.6 is 23.1 Å². The Hall–Kier alpha value is -2.05. The molecular formula is C17H16N2O2S2. The van der Waals surface area contributed by atoms with Gasteiger partial charge in [-0.15, -0.1) is 11.8 Å². The largest absolute Gasteiger partial charge is 0.494 e. The van der Waals surface area contributed by atoms with Crippen molar-refractivity contribution in [2.24, 2.45) is 0 Å². The molecular weight excluding hydrogens is 328 g/mol. The first kappa shape index (κ1) is 15.8. The standard InChI is InChI=1S/C17H16N2O2S2/c1-3-21-12-7-8-14-15(10-12)23-17(18-14)19-16(20)11-5-4-6-13(9-11)22-2/h4-10H,3H2,1-2H3,(H,18,19,20). The van der Waals surface area contributed by atoms with Gasteiger partial charge >= 0.3 is 0 Å². The summed E-state index contributed by atoms with van der Waals surface area (Å²) in [7, 11) is 0. The first-order valence-electron chi connectivity index (χ1n) is 7.18. The van der Waals surface area contributed by atoms with Gasteiger partial charge in [0.05, 0.1) is 16.8 Å². The SMILES string of the molecule is CCOc1ccc2nc(NC(=O)c3cccc(SC)c3)sc2c1. The molecule has 0 saturated heterocycles. The van der Waals surface area contributed by atoms with E-state index < -0.39 is 0 Å². The van der Waals surface area contributed by atoms with Crippen molar-refractivity contribution in [1.29, 1.82) is 0 Å². The van der Waals surface area contributed by atoms with E-state index in [9.17, 15) is 4.79 Å². The van der Waals surface area contributed by atoms with Crippen LogP contribution < -0.4 is 10.1 Å². The molecule has 0 saturated carbocycles. The van der Waals surface area contributed by atoms with Crippen molar-refractivity contribution >= 4 is 44.4 Å². The summed E-state index contributed by atoms with van der Waals surface area (Å²) in [4.78, 5) is 17.9. The Morgan fingerprint density at radius 2 is 2.17 bits per heavy atom. The van der Waals surface area contributed by atoms with Gasteiger partial charge in [0.15, 0.2) is 5.13 Å². The zero-order valence-electron chi connectivity index (χ0n) is 12.8. The molecule has 0 aliphatic heterocycles. The van der Waals surface area contributed by atoms with E-state index in [1.165, 1.54) is 11.3 Å². The average molecular weight is 344 g/mol. The fourth-order valence-corrected chi connectivity index (χ4v) is 3.50. The zero-order valence-corrected chi connectivity index (χ0v) is 14.5. The summed E-state index contributed by atoms with van der Waals surface area (Å²) < 4.78 is 6.48. The van der Waals surface area contributed by atoms with Gasteiger partial charge in [0.1, 0.15) is 5.75 Å². The number of hydrogen-bond donors (Lipinski definition) is 1. The molecule has 0 spiro atoms. The second-order valence-electron chi connectivity index (χ2n) is 4.77. The molecule has 23 heavy (non-hydrogen) atoms. The van der Waals surface area contributed by atoms with Gasteiger partial charge < -0.3 is 4.74 Å². The number of ether oxygens (including phenoxy) is 1. The third kappa shape index (κ3) is 3.65. The predicted molar refractivity (Wildman–Crippen MR) is 97.0 cm³/mol. The molecule has 0 bridgehead atoms. The number of aromatic nitrogens is 1. The van der Waals surface area contributed by atoms with Crippen LogP contribution in [0.3, 0.4) is 0 Å². The smallest absolute Gasteiger partial charge is 0.257 e. The zero-order chi connectivity index (χ0) is 16.2. The number of fused-ring (bicyclic) bond motifs is 1. The Morgan fingerprint density at radius 1 is 1.30 bits per heavy atom. The Balaban J connectivity index is 1.81. The maximum Gasteiger partial charge on any atom is 0.257 e. The van der Waals surface area contributed by atoms with E-state index in [2.05, 4.69) is 10.3 Å². The number of hydrogen-bond acceptors (Lipinski definition) is 5. The number of carbonyl (C=O) groups excluding carboxylic acids is 1. The van der Waals surface area contributed by atoms with Crippen molar-refractivity contribution in [2.75, 3.05) is 18.2 Å². The van der Waals surface area contributed by atoms with E-state index in [0.29, 0.717) is 17.3 Å². The number of rotatable bonds is 5. The van der Waals surface area contributed by atoms with Gasteiger partial charge in [0, 0.05) is 10.5 Å². The maximum absolute atomic E-state index is 12.4. The van der Waals surface area contributed by atoms with E-state index in [1.54, 1.807) is 17.8 Å². The molecule has 1 heterocycles. The molecule has 1 amide bonds. The van der Waals surface area contributed by atoms with Crippen LogP contribution in [0, 0.1) is 0 Å². The average Bonchev–Trinajstić information content (AvgIpc) is 2.96. The van der Waals surface area contributed by atoms with Gasteiger partial charge in [-0.05, 0) is 49.6 Å². The minimum absolute atomic E-state index is 0.148. The van der Waals surface area contributed by atoms with Crippen molar-refractivity contribution in [2.45, 2.75) is 11.8 Å². The molecule has 0 aliphatic carbocycles. The van der Waals surface area contributed by atoms with Gasteiger partial charge in [-0.3, -0.25) is 10.1 Å². The quantitative estimate of drug-likeness (QED) is 0.683. The third-order valence-corrected chi connectivity index (χ3v) is 4.88. The molecule has 0 radical (unpaired) electrons. The lowest BCUT2D eigenvalue weighted by Gasteiger charge is -2.03. The highest BCUT2D eigenvalue weighted by molar-refractivity contribution is 7.98. The molecule has 0 unspecified atom stereocenters. The summed E-state index contributed by atoms with van der Waals surface area (Å²) in [5.41, 5.74) is 1.48. The lowest BCUT2D eigenvalue weighted by atomic mass is 10.2. The molecule has 1 aromatic heterocycles. The lowest BCUT2D eigenvalue weighted by molar-refractivity contribution is 0.102. The number of benzene rings is 2. The molecule has 0 atom stereocenters. The number of carbonyl (C=O) groups is 1. The summed E-state index contributed by atoms with van der Waals surface area (Å²) in [6.45, 7) is 2.57. The predicted octanol–water partition coefficient (Wildman–Crippen LogP) is 4.67. The van der Waals surface area contributed by atoms with E-state index >= 15 is 0 Å². The Labute approximate surface area is 142 Å². The number of nitrogens with zero attached hydrogens (tertiary/aromatic N) is 1. The second-order valence-corrected chi connectivity index (χ2v) is 6.68. The van der Waals surface area contributed by atoms with Crippen molar-refractivity contribution in [3.8, 4) is 5.75 Å². The topological polar surface area (TPSA) is 51.2 Å². The van der Waals surface area contributed by atoms with Crippen molar-refractivity contribution in [3.63, 3.8) is 0 Å². The van der Waals surface area contributed by atoms with E-state index in [1.807, 2.05) is 49.6 Å². The molecule has 2 aromatic carbocycles. The van der Waals surface area contributed by atoms with Gasteiger partial charge in [-0.1, -0.05) is 17.4 Å². The van der Waals surface area contributed by atoms with Crippen molar-refractivity contribution in [1.82, 2.24) is 4.98 Å². The van der Waals surface area contributed by atoms with Gasteiger partial charge in [-0.2, -0.15) is 0 Å². The summed E-state index contributed by atoms with van der Waals surface area (Å²) in [6, 6.07) is 13.3. The minimum Gasteiger partial charge on any atom is -0.494 e. The van der Waals surface area contributed by atoms with E-state index in [0.717, 1.165) is 20.9 Å². The van der Waals surface area contributed by atoms with Gasteiger partial charge in [-0.25, -0.2) is 4.98 Å². The normalized spacial score (nSPS) is 10.7. The van der Waals surface area contributed by atoms with Crippen LogP contribution in [0.4, 0.5) is 5.13 Å². The van der Waals surface area contributed by atoms with Crippen molar-refractivity contribution < 1.29 is 9.53 Å². The van der Waals surface area contributed by atoms with Crippen LogP contribution in [-0.2, 0) is 0 Å². The third-order valence-electron chi connectivity index (χ3n) is 3.22. The molecule has 6 heteroatoms. The number of thiazole rings is 1. The second kappa shape index (κ2) is 7.02. The first-order valence-corrected chi connectivity index (χ1v) is 9.22. The molecule has 3 aromatic rings. The lowest BCUT2D eigenvalue weighted by Crippen LogP contribution is -2.11. The van der Waals surface area contributed by atoms with Crippen LogP contribution in [0.25, 0.3) is 10.2 Å². The van der Waals surface area contributed by atoms with Gasteiger partial charge in [0.25, 0.3) is 5.91 Å². The fourth-order valence-electron chi connectivity index (χ4n) is 2.15. The number of thioether (sulfide) groups is 1. The van der Waals surface area contributed by atoms with E-state index in [4.69, 9.17) is 4.74 Å². The van der Waals surface area contributed by atoms with Crippen LogP contribution in [-0.4, -0.2) is 23.8 Å². The monoisotopic (exact) mass is 344 g/mol. The van der Waals surface area contributed by atoms with Crippen molar-refractivity contribution in [3.05, 3.63) is 48.0 Å². The number of amides is 1. The molecule has 1 N–H and O–H groups in total. The molecule has 118 valence electrons. The number of nitrogens with one attached hydrogen (secondary N) is 1. The maximum atomic E-state index is 12.4. The highest BCUT2D eigenvalue weighted by Gasteiger charge is 2.11. The molecule has 0 fully saturated rings. The summed E-state index contributed by atoms with van der Waals surface area (Å²) in [6.07, 6.45) is 1.99. The molecule has 0 aliphatic rings. The van der Waals surface area contributed by atoms with Crippen LogP contribution in [0.15, 0.2) is 47.4 Å². The summed E-state index contributed by atoms with van der Waals surface area (Å²) in [5.74, 6) is 0.666. The summed E-state index contributed by atoms with van der Waals surface area (Å²) in [5, 5.41) is 3.46. The highest BCUT2D eigenvalue weighted by Crippen LogP contribution is 2.29. The number of anilines is 1. The minimum atomic E-state index is -0.148. The van der Waals surface area contributed by atoms with Crippen LogP contribution in [0.1, 0.15) is 17.3 Å². The van der Waals surface area contributed by atoms with Crippen LogP contribution in [0.2, 0.25) is 0 Å². The first-order chi connectivity index (χ1) is 11.2. The Bertz CT molecular complexity index is 845. The van der Waals surface area contributed by atoms with E-state index in [-0.39, 0.29) is 5.91 Å². The highest BCUT2D eigenvalue weighted by atomic mass is 32.2. The molecule has 4 nitrogen and oxygen atoms in total. The van der Waals surface area contributed by atoms with Gasteiger partial charge in [0.2, 0.25) is 0 Å². The Morgan fingerprint density at radius 3 is 2.96 bits per heavy atom.